The third-order valence-electron chi connectivity index (χ3n) is 0.941. The number of rotatable bonds is 3. The van der Waals surface area contributed by atoms with Gasteiger partial charge in [-0.1, -0.05) is 0 Å². The molecule has 0 radical (unpaired) electrons. The minimum absolute atomic E-state index is 0.0799. The highest BCUT2D eigenvalue weighted by molar-refractivity contribution is 5.64. The Hall–Kier alpha value is -0.570. The van der Waals surface area contributed by atoms with Crippen molar-refractivity contribution < 1.29 is 15.0 Å². The number of hydrogen-bond donors (Lipinski definition) is 1. The second-order valence-corrected chi connectivity index (χ2v) is 2.68. The zero-order valence-corrected chi connectivity index (χ0v) is 5.68. The molecule has 54 valence electrons. The summed E-state index contributed by atoms with van der Waals surface area (Å²) in [6.45, 7) is 3.13. The van der Waals surface area contributed by atoms with Gasteiger partial charge in [-0.2, -0.15) is 0 Å². The van der Waals surface area contributed by atoms with E-state index in [1.807, 2.05) is 0 Å². The van der Waals surface area contributed by atoms with Gasteiger partial charge in [0.15, 0.2) is 0 Å². The van der Waals surface area contributed by atoms with Crippen molar-refractivity contribution in [1.82, 2.24) is 0 Å². The van der Waals surface area contributed by atoms with Crippen LogP contribution in [0.4, 0.5) is 0 Å². The van der Waals surface area contributed by atoms with Crippen molar-refractivity contribution in [2.24, 2.45) is 0 Å². The molecule has 3 heteroatoms. The first-order valence-electron chi connectivity index (χ1n) is 2.84. The van der Waals surface area contributed by atoms with Gasteiger partial charge in [0.2, 0.25) is 0 Å². The van der Waals surface area contributed by atoms with Crippen molar-refractivity contribution in [1.29, 1.82) is 0 Å². The van der Waals surface area contributed by atoms with E-state index in [-0.39, 0.29) is 12.8 Å². The highest BCUT2D eigenvalue weighted by Gasteiger charge is 2.10. The number of carbonyl (C=O) groups is 1. The van der Waals surface area contributed by atoms with Gasteiger partial charge in [0.05, 0.1) is 5.60 Å². The molecule has 0 unspecified atom stereocenters. The van der Waals surface area contributed by atoms with Crippen molar-refractivity contribution in [3.8, 4) is 0 Å². The Balaban J connectivity index is 3.39. The second-order valence-electron chi connectivity index (χ2n) is 2.68. The van der Waals surface area contributed by atoms with Gasteiger partial charge in [-0.15, -0.1) is 0 Å². The van der Waals surface area contributed by atoms with Crippen LogP contribution in [-0.2, 0) is 4.79 Å². The summed E-state index contributed by atoms with van der Waals surface area (Å²) in [5, 5.41) is 18.8. The zero-order valence-electron chi connectivity index (χ0n) is 5.68. The number of aliphatic carboxylic acids is 1. The lowest BCUT2D eigenvalue weighted by molar-refractivity contribution is -0.306. The topological polar surface area (TPSA) is 60.4 Å². The minimum atomic E-state index is -1.11. The molecule has 0 heterocycles. The Labute approximate surface area is 54.3 Å². The van der Waals surface area contributed by atoms with Crippen LogP contribution in [0.2, 0.25) is 0 Å². The monoisotopic (exact) mass is 131 g/mol. The summed E-state index contributed by atoms with van der Waals surface area (Å²) in [5.41, 5.74) is -0.889. The molecule has 0 spiro atoms. The molecule has 0 aliphatic carbocycles. The molecule has 0 saturated carbocycles. The van der Waals surface area contributed by atoms with Crippen LogP contribution < -0.4 is 5.11 Å². The van der Waals surface area contributed by atoms with Crippen LogP contribution in [0, 0.1) is 0 Å². The van der Waals surface area contributed by atoms with E-state index in [1.54, 1.807) is 13.8 Å². The van der Waals surface area contributed by atoms with Crippen LogP contribution in [0.5, 0.6) is 0 Å². The summed E-state index contributed by atoms with van der Waals surface area (Å²) in [5.74, 6) is -1.11. The second kappa shape index (κ2) is 2.82. The van der Waals surface area contributed by atoms with Crippen LogP contribution in [0.25, 0.3) is 0 Å². The van der Waals surface area contributed by atoms with Crippen molar-refractivity contribution in [2.45, 2.75) is 32.3 Å². The highest BCUT2D eigenvalue weighted by atomic mass is 16.4. The van der Waals surface area contributed by atoms with E-state index in [0.717, 1.165) is 0 Å². The summed E-state index contributed by atoms with van der Waals surface area (Å²) in [6, 6.07) is 0. The van der Waals surface area contributed by atoms with Crippen LogP contribution in [0.15, 0.2) is 0 Å². The normalized spacial score (nSPS) is 11.4. The van der Waals surface area contributed by atoms with Gasteiger partial charge in [-0.05, 0) is 26.7 Å². The van der Waals surface area contributed by atoms with Crippen LogP contribution in [0.3, 0.4) is 0 Å². The fraction of sp³-hybridized carbons (Fsp3) is 0.833. The van der Waals surface area contributed by atoms with E-state index < -0.39 is 11.6 Å². The molecular weight excluding hydrogens is 120 g/mol. The van der Waals surface area contributed by atoms with Crippen LogP contribution in [-0.4, -0.2) is 16.7 Å². The summed E-state index contributed by atoms with van der Waals surface area (Å²) in [4.78, 5) is 9.82. The fourth-order valence-corrected chi connectivity index (χ4v) is 0.408. The van der Waals surface area contributed by atoms with Gasteiger partial charge in [-0.3, -0.25) is 0 Å². The molecular formula is C6H11O3-. The Morgan fingerprint density at radius 3 is 2.22 bits per heavy atom. The molecule has 0 saturated heterocycles. The van der Waals surface area contributed by atoms with Crippen molar-refractivity contribution in [3.05, 3.63) is 0 Å². The fourth-order valence-electron chi connectivity index (χ4n) is 0.408. The molecule has 0 rings (SSSR count). The molecule has 3 nitrogen and oxygen atoms in total. The first-order chi connectivity index (χ1) is 3.92. The summed E-state index contributed by atoms with van der Waals surface area (Å²) in [7, 11) is 0. The van der Waals surface area contributed by atoms with Gasteiger partial charge in [0.25, 0.3) is 0 Å². The minimum Gasteiger partial charge on any atom is -0.550 e. The standard InChI is InChI=1S/C6H12O3/c1-6(2,9)4-3-5(7)8/h9H,3-4H2,1-2H3,(H,7,8)/p-1. The van der Waals surface area contributed by atoms with Crippen molar-refractivity contribution >= 4 is 5.97 Å². The molecule has 1 N–H and O–H groups in total. The molecule has 0 aromatic heterocycles. The molecule has 0 aromatic carbocycles. The number of carboxylic acids is 1. The first kappa shape index (κ1) is 8.43. The Kier molecular flexibility index (Phi) is 2.65. The molecule has 0 amide bonds. The zero-order chi connectivity index (χ0) is 7.49. The lowest BCUT2D eigenvalue weighted by Gasteiger charge is -2.16. The van der Waals surface area contributed by atoms with E-state index in [9.17, 15) is 9.90 Å². The number of aliphatic hydroxyl groups is 1. The van der Waals surface area contributed by atoms with Gasteiger partial charge in [-0.25, -0.2) is 0 Å². The average Bonchev–Trinajstić information content (AvgIpc) is 1.59. The van der Waals surface area contributed by atoms with Crippen molar-refractivity contribution in [3.63, 3.8) is 0 Å². The lowest BCUT2D eigenvalue weighted by atomic mass is 10.0. The van der Waals surface area contributed by atoms with Gasteiger partial charge in [0.1, 0.15) is 0 Å². The van der Waals surface area contributed by atoms with Gasteiger partial charge < -0.3 is 15.0 Å². The highest BCUT2D eigenvalue weighted by Crippen LogP contribution is 2.08. The summed E-state index contributed by atoms with van der Waals surface area (Å²) >= 11 is 0. The molecule has 0 aromatic rings. The SMILES string of the molecule is CC(C)(O)CCC(=O)[O-]. The Bertz CT molecular complexity index is 101. The molecule has 0 atom stereocenters. The molecule has 9 heavy (non-hydrogen) atoms. The third kappa shape index (κ3) is 7.43. The van der Waals surface area contributed by atoms with Gasteiger partial charge in [0, 0.05) is 5.97 Å². The lowest BCUT2D eigenvalue weighted by Crippen LogP contribution is -2.27. The quantitative estimate of drug-likeness (QED) is 0.550. The molecule has 0 fully saturated rings. The van der Waals surface area contributed by atoms with E-state index in [1.165, 1.54) is 0 Å². The molecule has 0 aliphatic rings. The van der Waals surface area contributed by atoms with Crippen LogP contribution >= 0.6 is 0 Å². The third-order valence-corrected chi connectivity index (χ3v) is 0.941. The predicted molar refractivity (Wildman–Crippen MR) is 30.5 cm³/mol. The van der Waals surface area contributed by atoms with E-state index in [2.05, 4.69) is 0 Å². The van der Waals surface area contributed by atoms with Crippen LogP contribution in [0.1, 0.15) is 26.7 Å². The maximum atomic E-state index is 9.82. The van der Waals surface area contributed by atoms with E-state index >= 15 is 0 Å². The summed E-state index contributed by atoms with van der Waals surface area (Å²) < 4.78 is 0. The van der Waals surface area contributed by atoms with E-state index in [4.69, 9.17) is 5.11 Å². The number of hydrogen-bond acceptors (Lipinski definition) is 3. The maximum absolute atomic E-state index is 9.82. The average molecular weight is 131 g/mol. The van der Waals surface area contributed by atoms with Crippen molar-refractivity contribution in [2.75, 3.05) is 0 Å². The largest absolute Gasteiger partial charge is 0.550 e. The first-order valence-corrected chi connectivity index (χ1v) is 2.84. The molecule has 0 aliphatic heterocycles. The van der Waals surface area contributed by atoms with Gasteiger partial charge >= 0.3 is 0 Å². The number of carbonyl (C=O) groups excluding carboxylic acids is 1. The maximum Gasteiger partial charge on any atom is 0.0595 e. The smallest absolute Gasteiger partial charge is 0.0595 e. The molecule has 0 bridgehead atoms. The number of carboxylic acid groups (broad SMARTS) is 1. The Morgan fingerprint density at radius 2 is 2.11 bits per heavy atom. The summed E-state index contributed by atoms with van der Waals surface area (Å²) in [6.07, 6.45) is 0.166. The Morgan fingerprint density at radius 1 is 1.67 bits per heavy atom. The van der Waals surface area contributed by atoms with E-state index in [0.29, 0.717) is 0 Å². The predicted octanol–water partition coefficient (Wildman–Crippen LogP) is -0.713.